The van der Waals surface area contributed by atoms with E-state index in [0.717, 1.165) is 0 Å². The van der Waals surface area contributed by atoms with Crippen LogP contribution >= 0.6 is 0 Å². The number of nitrogens with one attached hydrogen (secondary N) is 2. The molecule has 0 aliphatic carbocycles. The van der Waals surface area contributed by atoms with E-state index in [-0.39, 0.29) is 6.61 Å². The van der Waals surface area contributed by atoms with Crippen molar-refractivity contribution in [1.29, 1.82) is 0 Å². The number of aliphatic hydroxyl groups excluding tert-OH is 1. The van der Waals surface area contributed by atoms with Gasteiger partial charge in [-0.15, -0.1) is 0 Å². The highest BCUT2D eigenvalue weighted by Crippen LogP contribution is 2.04. The zero-order valence-electron chi connectivity index (χ0n) is 7.20. The van der Waals surface area contributed by atoms with Crippen molar-refractivity contribution in [3.63, 3.8) is 0 Å². The summed E-state index contributed by atoms with van der Waals surface area (Å²) in [5.74, 6) is 6.30. The molecule has 0 aliphatic rings. The molecule has 0 aromatic carbocycles. The maximum Gasteiger partial charge on any atom is 0.160 e. The summed E-state index contributed by atoms with van der Waals surface area (Å²) < 4.78 is 0. The normalized spacial score (nSPS) is 9.69. The van der Waals surface area contributed by atoms with E-state index in [1.807, 2.05) is 0 Å². The molecule has 0 saturated heterocycles. The zero-order chi connectivity index (χ0) is 9.52. The highest BCUT2D eigenvalue weighted by atomic mass is 16.3. The van der Waals surface area contributed by atoms with Gasteiger partial charge < -0.3 is 15.8 Å². The summed E-state index contributed by atoms with van der Waals surface area (Å²) in [5, 5.41) is 11.5. The van der Waals surface area contributed by atoms with Crippen LogP contribution in [0.1, 0.15) is 6.42 Å². The van der Waals surface area contributed by atoms with E-state index >= 15 is 0 Å². The number of aliphatic hydroxyl groups is 1. The smallest absolute Gasteiger partial charge is 0.160 e. The van der Waals surface area contributed by atoms with E-state index in [0.29, 0.717) is 24.6 Å². The maximum absolute atomic E-state index is 8.54. The Morgan fingerprint density at radius 2 is 2.15 bits per heavy atom. The van der Waals surface area contributed by atoms with E-state index in [1.54, 1.807) is 6.20 Å². The second-order valence-corrected chi connectivity index (χ2v) is 2.44. The van der Waals surface area contributed by atoms with Gasteiger partial charge in [-0.3, -0.25) is 4.98 Å². The molecule has 1 heterocycles. The quantitative estimate of drug-likeness (QED) is 0.281. The maximum atomic E-state index is 8.54. The Balaban J connectivity index is 2.46. The first-order chi connectivity index (χ1) is 6.36. The molecule has 0 amide bonds. The molecule has 1 aromatic rings. The minimum absolute atomic E-state index is 0.162. The SMILES string of the molecule is NNc1cncc(NCCCO)n1. The van der Waals surface area contributed by atoms with Crippen molar-refractivity contribution >= 4 is 11.6 Å². The highest BCUT2D eigenvalue weighted by Gasteiger charge is 1.95. The van der Waals surface area contributed by atoms with Gasteiger partial charge in [0, 0.05) is 13.2 Å². The molecule has 0 bridgehead atoms. The molecule has 0 aliphatic heterocycles. The van der Waals surface area contributed by atoms with Gasteiger partial charge in [0.1, 0.15) is 5.82 Å². The summed E-state index contributed by atoms with van der Waals surface area (Å²) in [5.41, 5.74) is 2.39. The van der Waals surface area contributed by atoms with Crippen molar-refractivity contribution < 1.29 is 5.11 Å². The molecule has 0 spiro atoms. The average molecular weight is 183 g/mol. The van der Waals surface area contributed by atoms with Crippen LogP contribution in [0.25, 0.3) is 0 Å². The molecule has 6 nitrogen and oxygen atoms in total. The Kier molecular flexibility index (Phi) is 3.94. The van der Waals surface area contributed by atoms with Gasteiger partial charge in [-0.05, 0) is 6.42 Å². The Hall–Kier alpha value is -1.40. The second kappa shape index (κ2) is 5.28. The van der Waals surface area contributed by atoms with Crippen LogP contribution in [0.2, 0.25) is 0 Å². The van der Waals surface area contributed by atoms with Gasteiger partial charge in [0.2, 0.25) is 0 Å². The fourth-order valence-electron chi connectivity index (χ4n) is 0.816. The van der Waals surface area contributed by atoms with Crippen LogP contribution in [0.5, 0.6) is 0 Å². The lowest BCUT2D eigenvalue weighted by atomic mass is 10.4. The third-order valence-corrected chi connectivity index (χ3v) is 1.42. The molecular weight excluding hydrogens is 170 g/mol. The first-order valence-electron chi connectivity index (χ1n) is 4.00. The van der Waals surface area contributed by atoms with Gasteiger partial charge in [0.05, 0.1) is 12.4 Å². The number of hydrogen-bond donors (Lipinski definition) is 4. The monoisotopic (exact) mass is 183 g/mol. The minimum atomic E-state index is 0.162. The molecular formula is C7H13N5O. The molecule has 0 radical (unpaired) electrons. The number of anilines is 2. The zero-order valence-corrected chi connectivity index (χ0v) is 7.20. The van der Waals surface area contributed by atoms with Crippen LogP contribution in [0, 0.1) is 0 Å². The Morgan fingerprint density at radius 1 is 1.38 bits per heavy atom. The van der Waals surface area contributed by atoms with Crippen LogP contribution < -0.4 is 16.6 Å². The van der Waals surface area contributed by atoms with Crippen molar-refractivity contribution in [3.05, 3.63) is 12.4 Å². The van der Waals surface area contributed by atoms with Crippen molar-refractivity contribution in [2.75, 3.05) is 23.9 Å². The topological polar surface area (TPSA) is 96.1 Å². The van der Waals surface area contributed by atoms with Crippen molar-refractivity contribution in [3.8, 4) is 0 Å². The van der Waals surface area contributed by atoms with Gasteiger partial charge in [0.15, 0.2) is 5.82 Å². The minimum Gasteiger partial charge on any atom is -0.396 e. The van der Waals surface area contributed by atoms with Crippen LogP contribution in [0.15, 0.2) is 12.4 Å². The molecule has 0 saturated carbocycles. The lowest BCUT2D eigenvalue weighted by Gasteiger charge is -2.04. The van der Waals surface area contributed by atoms with Gasteiger partial charge in [-0.2, -0.15) is 0 Å². The predicted octanol–water partition coefficient (Wildman–Crippen LogP) is -0.444. The first-order valence-corrected chi connectivity index (χ1v) is 4.00. The Morgan fingerprint density at radius 3 is 2.85 bits per heavy atom. The van der Waals surface area contributed by atoms with E-state index in [1.165, 1.54) is 6.20 Å². The number of rotatable bonds is 5. The summed E-state index contributed by atoms with van der Waals surface area (Å²) in [6, 6.07) is 0. The van der Waals surface area contributed by atoms with Crippen LogP contribution in [-0.4, -0.2) is 28.2 Å². The summed E-state index contributed by atoms with van der Waals surface area (Å²) in [6.07, 6.45) is 3.80. The molecule has 1 rings (SSSR count). The van der Waals surface area contributed by atoms with Crippen molar-refractivity contribution in [1.82, 2.24) is 9.97 Å². The van der Waals surface area contributed by atoms with Gasteiger partial charge in [-0.1, -0.05) is 0 Å². The Labute approximate surface area is 76.2 Å². The third-order valence-electron chi connectivity index (χ3n) is 1.42. The molecule has 5 N–H and O–H groups in total. The lowest BCUT2D eigenvalue weighted by Crippen LogP contribution is -2.11. The van der Waals surface area contributed by atoms with E-state index < -0.39 is 0 Å². The predicted molar refractivity (Wildman–Crippen MR) is 50.0 cm³/mol. The van der Waals surface area contributed by atoms with Gasteiger partial charge >= 0.3 is 0 Å². The second-order valence-electron chi connectivity index (χ2n) is 2.44. The van der Waals surface area contributed by atoms with E-state index in [2.05, 4.69) is 20.7 Å². The fourth-order valence-corrected chi connectivity index (χ4v) is 0.816. The summed E-state index contributed by atoms with van der Waals surface area (Å²) in [7, 11) is 0. The molecule has 6 heteroatoms. The van der Waals surface area contributed by atoms with Crippen molar-refractivity contribution in [2.24, 2.45) is 5.84 Å². The van der Waals surface area contributed by atoms with E-state index in [9.17, 15) is 0 Å². The Bertz CT molecular complexity index is 254. The number of hydrazine groups is 1. The molecule has 13 heavy (non-hydrogen) atoms. The summed E-state index contributed by atoms with van der Waals surface area (Å²) >= 11 is 0. The largest absolute Gasteiger partial charge is 0.396 e. The summed E-state index contributed by atoms with van der Waals surface area (Å²) in [6.45, 7) is 0.828. The molecule has 0 fully saturated rings. The number of nitrogen functional groups attached to an aromatic ring is 1. The third kappa shape index (κ3) is 3.22. The number of nitrogens with two attached hydrogens (primary N) is 1. The number of aromatic nitrogens is 2. The van der Waals surface area contributed by atoms with Gasteiger partial charge in [-0.25, -0.2) is 10.8 Å². The average Bonchev–Trinajstić information content (AvgIpc) is 2.19. The standard InChI is InChI=1S/C7H13N5O/c8-12-7-5-9-4-6(11-7)10-2-1-3-13/h4-5,13H,1-3,8H2,(H2,10,11,12). The van der Waals surface area contributed by atoms with Crippen molar-refractivity contribution in [2.45, 2.75) is 6.42 Å². The summed E-state index contributed by atoms with van der Waals surface area (Å²) in [4.78, 5) is 7.98. The number of nitrogens with zero attached hydrogens (tertiary/aromatic N) is 2. The van der Waals surface area contributed by atoms with Crippen LogP contribution in [-0.2, 0) is 0 Å². The molecule has 1 aromatic heterocycles. The van der Waals surface area contributed by atoms with Gasteiger partial charge in [0.25, 0.3) is 0 Å². The van der Waals surface area contributed by atoms with Crippen LogP contribution in [0.4, 0.5) is 11.6 Å². The lowest BCUT2D eigenvalue weighted by molar-refractivity contribution is 0.292. The first kappa shape index (κ1) is 9.69. The highest BCUT2D eigenvalue weighted by molar-refractivity contribution is 5.40. The molecule has 0 atom stereocenters. The molecule has 0 unspecified atom stereocenters. The van der Waals surface area contributed by atoms with Crippen LogP contribution in [0.3, 0.4) is 0 Å². The molecule has 72 valence electrons. The fraction of sp³-hybridized carbons (Fsp3) is 0.429. The number of hydrogen-bond acceptors (Lipinski definition) is 6. The van der Waals surface area contributed by atoms with E-state index in [4.69, 9.17) is 10.9 Å².